The second kappa shape index (κ2) is 11.7. The maximum Gasteiger partial charge on any atom is 0.411 e. The zero-order valence-electron chi connectivity index (χ0n) is 14.0. The summed E-state index contributed by atoms with van der Waals surface area (Å²) >= 11 is 0. The lowest BCUT2D eigenvalue weighted by molar-refractivity contribution is -0.173. The number of hydrogen-bond donors (Lipinski definition) is 2. The molecule has 2 N–H and O–H groups in total. The van der Waals surface area contributed by atoms with Crippen LogP contribution in [0.3, 0.4) is 0 Å². The topological polar surface area (TPSA) is 66.0 Å². The monoisotopic (exact) mass is 466 g/mol. The zero-order valence-corrected chi connectivity index (χ0v) is 16.3. The van der Waals surface area contributed by atoms with Crippen molar-refractivity contribution in [3.8, 4) is 0 Å². The Hall–Kier alpha value is -0.780. The number of alkyl halides is 3. The maximum atomic E-state index is 11.9. The molecule has 1 fully saturated rings. The van der Waals surface area contributed by atoms with Crippen molar-refractivity contribution < 1.29 is 22.7 Å². The third-order valence-electron chi connectivity index (χ3n) is 3.43. The van der Waals surface area contributed by atoms with Gasteiger partial charge in [0.25, 0.3) is 0 Å². The molecule has 0 aromatic heterocycles. The third kappa shape index (κ3) is 9.50. The average molecular weight is 466 g/mol. The number of rotatable bonds is 7. The van der Waals surface area contributed by atoms with Gasteiger partial charge in [-0.2, -0.15) is 13.2 Å². The summed E-state index contributed by atoms with van der Waals surface area (Å²) in [6, 6.07) is 0.137. The lowest BCUT2D eigenvalue weighted by Crippen LogP contribution is -2.45. The predicted octanol–water partition coefficient (Wildman–Crippen LogP) is 1.75. The standard InChI is InChI=1S/C14H25F3N4O2.HI/c1-3-12(22)21-7-5-11(9-21)20-13(18-2)19-6-4-8-23-10-14(15,16)17;/h11H,3-10H2,1-2H3,(H2,18,19,20);1H. The van der Waals surface area contributed by atoms with E-state index in [9.17, 15) is 18.0 Å². The highest BCUT2D eigenvalue weighted by Crippen LogP contribution is 2.14. The number of ether oxygens (including phenoxy) is 1. The summed E-state index contributed by atoms with van der Waals surface area (Å²) in [6.45, 7) is 2.48. The molecule has 10 heteroatoms. The Morgan fingerprint density at radius 2 is 2.12 bits per heavy atom. The zero-order chi connectivity index (χ0) is 17.3. The van der Waals surface area contributed by atoms with Crippen LogP contribution in [0.25, 0.3) is 0 Å². The highest BCUT2D eigenvalue weighted by molar-refractivity contribution is 14.0. The normalized spacial score (nSPS) is 18.3. The summed E-state index contributed by atoms with van der Waals surface area (Å²) in [6.07, 6.45) is -2.49. The van der Waals surface area contributed by atoms with E-state index in [0.29, 0.717) is 31.9 Å². The van der Waals surface area contributed by atoms with E-state index in [-0.39, 0.29) is 42.5 Å². The van der Waals surface area contributed by atoms with Crippen LogP contribution in [-0.2, 0) is 9.53 Å². The Kier molecular flexibility index (Phi) is 11.3. The minimum atomic E-state index is -4.28. The summed E-state index contributed by atoms with van der Waals surface area (Å²) in [5, 5.41) is 6.24. The molecule has 0 aliphatic carbocycles. The molecule has 1 aliphatic heterocycles. The Balaban J connectivity index is 0.00000529. The fourth-order valence-electron chi connectivity index (χ4n) is 2.29. The van der Waals surface area contributed by atoms with Gasteiger partial charge in [0, 0.05) is 45.8 Å². The minimum absolute atomic E-state index is 0. The summed E-state index contributed by atoms with van der Waals surface area (Å²) in [4.78, 5) is 17.5. The number of carbonyl (C=O) groups is 1. The number of aliphatic imine (C=N–C) groups is 1. The summed E-state index contributed by atoms with van der Waals surface area (Å²) in [7, 11) is 1.62. The second-order valence-corrected chi connectivity index (χ2v) is 5.34. The number of nitrogens with one attached hydrogen (secondary N) is 2. The van der Waals surface area contributed by atoms with E-state index in [0.717, 1.165) is 13.0 Å². The molecule has 1 amide bonds. The Morgan fingerprint density at radius 3 is 2.71 bits per heavy atom. The molecule has 0 spiro atoms. The second-order valence-electron chi connectivity index (χ2n) is 5.34. The summed E-state index contributed by atoms with van der Waals surface area (Å²) < 4.78 is 40.2. The van der Waals surface area contributed by atoms with Crippen molar-refractivity contribution in [3.63, 3.8) is 0 Å². The highest BCUT2D eigenvalue weighted by atomic mass is 127. The van der Waals surface area contributed by atoms with Crippen LogP contribution in [0, 0.1) is 0 Å². The molecule has 0 aromatic carbocycles. The van der Waals surface area contributed by atoms with Crippen LogP contribution in [0.5, 0.6) is 0 Å². The van der Waals surface area contributed by atoms with Crippen LogP contribution in [0.2, 0.25) is 0 Å². The molecule has 0 bridgehead atoms. The summed E-state index contributed by atoms with van der Waals surface area (Å²) in [5.74, 6) is 0.718. The lowest BCUT2D eigenvalue weighted by atomic mass is 10.3. The number of likely N-dealkylation sites (tertiary alicyclic amines) is 1. The van der Waals surface area contributed by atoms with Gasteiger partial charge in [-0.15, -0.1) is 24.0 Å². The molecular weight excluding hydrogens is 440 g/mol. The van der Waals surface area contributed by atoms with Gasteiger partial charge in [0.05, 0.1) is 0 Å². The van der Waals surface area contributed by atoms with E-state index in [1.54, 1.807) is 7.05 Å². The molecule has 0 saturated carbocycles. The molecule has 0 radical (unpaired) electrons. The Bertz CT molecular complexity index is 408. The van der Waals surface area contributed by atoms with Crippen molar-refractivity contribution in [1.29, 1.82) is 0 Å². The molecule has 1 aliphatic rings. The molecule has 142 valence electrons. The van der Waals surface area contributed by atoms with Gasteiger partial charge < -0.3 is 20.3 Å². The van der Waals surface area contributed by atoms with Crippen LogP contribution in [0.15, 0.2) is 4.99 Å². The smallest absolute Gasteiger partial charge is 0.372 e. The van der Waals surface area contributed by atoms with Crippen molar-refractivity contribution >= 4 is 35.8 Å². The van der Waals surface area contributed by atoms with Gasteiger partial charge in [-0.05, 0) is 12.8 Å². The molecule has 0 aromatic rings. The Morgan fingerprint density at radius 1 is 1.42 bits per heavy atom. The van der Waals surface area contributed by atoms with Gasteiger partial charge in [0.1, 0.15) is 6.61 Å². The fourth-order valence-corrected chi connectivity index (χ4v) is 2.29. The highest BCUT2D eigenvalue weighted by Gasteiger charge is 2.27. The lowest BCUT2D eigenvalue weighted by Gasteiger charge is -2.18. The van der Waals surface area contributed by atoms with Gasteiger partial charge in [-0.3, -0.25) is 9.79 Å². The SMILES string of the molecule is CCC(=O)N1CCC(NC(=NC)NCCCOCC(F)(F)F)C1.I. The van der Waals surface area contributed by atoms with Crippen LogP contribution >= 0.6 is 24.0 Å². The first-order valence-electron chi connectivity index (χ1n) is 7.75. The van der Waals surface area contributed by atoms with E-state index in [2.05, 4.69) is 20.4 Å². The molecule has 1 saturated heterocycles. The molecule has 1 heterocycles. The maximum absolute atomic E-state index is 11.9. The average Bonchev–Trinajstić information content (AvgIpc) is 2.96. The fraction of sp³-hybridized carbons (Fsp3) is 0.857. The molecular formula is C14H26F3IN4O2. The Labute approximate surface area is 157 Å². The van der Waals surface area contributed by atoms with Crippen molar-refractivity contribution in [2.24, 2.45) is 4.99 Å². The third-order valence-corrected chi connectivity index (χ3v) is 3.43. The number of amides is 1. The first-order valence-corrected chi connectivity index (χ1v) is 7.75. The van der Waals surface area contributed by atoms with E-state index in [4.69, 9.17) is 0 Å². The van der Waals surface area contributed by atoms with Gasteiger partial charge >= 0.3 is 6.18 Å². The minimum Gasteiger partial charge on any atom is -0.372 e. The molecule has 24 heavy (non-hydrogen) atoms. The molecule has 1 atom stereocenters. The molecule has 6 nitrogen and oxygen atoms in total. The number of guanidine groups is 1. The van der Waals surface area contributed by atoms with Gasteiger partial charge in [-0.25, -0.2) is 0 Å². The van der Waals surface area contributed by atoms with Crippen molar-refractivity contribution in [2.45, 2.75) is 38.4 Å². The quantitative estimate of drug-likeness (QED) is 0.260. The van der Waals surface area contributed by atoms with Crippen molar-refractivity contribution in [2.75, 3.05) is 39.9 Å². The largest absolute Gasteiger partial charge is 0.411 e. The van der Waals surface area contributed by atoms with Crippen LogP contribution in [0.4, 0.5) is 13.2 Å². The number of hydrogen-bond acceptors (Lipinski definition) is 3. The predicted molar refractivity (Wildman–Crippen MR) is 96.7 cm³/mol. The first-order chi connectivity index (χ1) is 10.9. The number of halogens is 4. The van der Waals surface area contributed by atoms with Crippen LogP contribution in [0.1, 0.15) is 26.2 Å². The van der Waals surface area contributed by atoms with Gasteiger partial charge in [0.2, 0.25) is 5.91 Å². The molecule has 1 rings (SSSR count). The summed E-state index contributed by atoms with van der Waals surface area (Å²) in [5.41, 5.74) is 0. The first kappa shape index (κ1) is 23.2. The van der Waals surface area contributed by atoms with E-state index in [1.165, 1.54) is 0 Å². The van der Waals surface area contributed by atoms with Crippen LogP contribution in [-0.4, -0.2) is 68.9 Å². The van der Waals surface area contributed by atoms with Crippen molar-refractivity contribution in [1.82, 2.24) is 15.5 Å². The van der Waals surface area contributed by atoms with Crippen LogP contribution < -0.4 is 10.6 Å². The number of carbonyl (C=O) groups excluding carboxylic acids is 1. The van der Waals surface area contributed by atoms with Crippen molar-refractivity contribution in [3.05, 3.63) is 0 Å². The van der Waals surface area contributed by atoms with Gasteiger partial charge in [0.15, 0.2) is 5.96 Å². The van der Waals surface area contributed by atoms with E-state index < -0.39 is 12.8 Å². The van der Waals surface area contributed by atoms with E-state index in [1.807, 2.05) is 11.8 Å². The van der Waals surface area contributed by atoms with E-state index >= 15 is 0 Å². The molecule has 1 unspecified atom stereocenters. The van der Waals surface area contributed by atoms with Gasteiger partial charge in [-0.1, -0.05) is 6.92 Å². The number of nitrogens with zero attached hydrogens (tertiary/aromatic N) is 2.